The lowest BCUT2D eigenvalue weighted by atomic mass is 10.0. The van der Waals surface area contributed by atoms with Crippen LogP contribution in [0.15, 0.2) is 24.3 Å². The first-order valence-electron chi connectivity index (χ1n) is 7.05. The van der Waals surface area contributed by atoms with Crippen molar-refractivity contribution in [3.05, 3.63) is 29.8 Å². The van der Waals surface area contributed by atoms with Crippen LogP contribution in [0.3, 0.4) is 0 Å². The van der Waals surface area contributed by atoms with Crippen molar-refractivity contribution in [1.82, 2.24) is 10.6 Å². The molecule has 1 aromatic rings. The van der Waals surface area contributed by atoms with Gasteiger partial charge < -0.3 is 15.4 Å². The highest BCUT2D eigenvalue weighted by Gasteiger charge is 2.29. The summed E-state index contributed by atoms with van der Waals surface area (Å²) in [6.45, 7) is 0.670. The first-order chi connectivity index (χ1) is 9.74. The maximum atomic E-state index is 12.2. The summed E-state index contributed by atoms with van der Waals surface area (Å²) < 4.78 is 5.68. The van der Waals surface area contributed by atoms with E-state index in [1.54, 1.807) is 0 Å². The molecule has 3 rings (SSSR count). The lowest BCUT2D eigenvalue weighted by Crippen LogP contribution is -2.43. The van der Waals surface area contributed by atoms with Crippen LogP contribution in [0.25, 0.3) is 0 Å². The van der Waals surface area contributed by atoms with E-state index in [-0.39, 0.29) is 23.9 Å². The molecule has 2 unspecified atom stereocenters. The van der Waals surface area contributed by atoms with E-state index in [1.165, 1.54) is 0 Å². The molecule has 5 nitrogen and oxygen atoms in total. The zero-order valence-electron chi connectivity index (χ0n) is 11.2. The van der Waals surface area contributed by atoms with E-state index in [0.717, 1.165) is 24.2 Å². The lowest BCUT2D eigenvalue weighted by molar-refractivity contribution is -0.126. The first kappa shape index (κ1) is 13.0. The summed E-state index contributed by atoms with van der Waals surface area (Å²) in [6, 6.07) is 7.36. The fourth-order valence-electron chi connectivity index (χ4n) is 2.76. The number of rotatable bonds is 2. The van der Waals surface area contributed by atoms with Crippen LogP contribution in [0.2, 0.25) is 0 Å². The topological polar surface area (TPSA) is 67.4 Å². The number of amides is 2. The summed E-state index contributed by atoms with van der Waals surface area (Å²) >= 11 is 0. The van der Waals surface area contributed by atoms with E-state index in [0.29, 0.717) is 19.4 Å². The molecule has 0 spiro atoms. The molecule has 1 fully saturated rings. The van der Waals surface area contributed by atoms with E-state index < -0.39 is 0 Å². The molecule has 2 heterocycles. The Morgan fingerprint density at radius 1 is 1.30 bits per heavy atom. The van der Waals surface area contributed by atoms with Gasteiger partial charge in [-0.15, -0.1) is 0 Å². The Kier molecular flexibility index (Phi) is 3.58. The van der Waals surface area contributed by atoms with Crippen LogP contribution in [0.1, 0.15) is 37.3 Å². The monoisotopic (exact) mass is 274 g/mol. The van der Waals surface area contributed by atoms with Crippen molar-refractivity contribution < 1.29 is 14.3 Å². The molecule has 2 N–H and O–H groups in total. The fraction of sp³-hybridized carbons (Fsp3) is 0.467. The van der Waals surface area contributed by atoms with E-state index in [4.69, 9.17) is 4.74 Å². The molecule has 0 aliphatic carbocycles. The Balaban J connectivity index is 1.73. The van der Waals surface area contributed by atoms with Crippen molar-refractivity contribution in [2.45, 2.75) is 37.8 Å². The summed E-state index contributed by atoms with van der Waals surface area (Å²) in [5.41, 5.74) is 1.02. The standard InChI is InChI=1S/C15H18N2O3/c18-14-8-7-12(16-14)15(19)17-11-5-3-9-20-13-6-2-1-4-10(11)13/h1-2,4,6,11-12H,3,5,7-9H2,(H,16,18)(H,17,19). The van der Waals surface area contributed by atoms with Crippen molar-refractivity contribution in [2.75, 3.05) is 6.61 Å². The second kappa shape index (κ2) is 5.53. The number of ether oxygens (including phenoxy) is 1. The largest absolute Gasteiger partial charge is 0.493 e. The number of hydrogen-bond donors (Lipinski definition) is 2. The second-order valence-corrected chi connectivity index (χ2v) is 5.25. The van der Waals surface area contributed by atoms with Crippen LogP contribution in [0.4, 0.5) is 0 Å². The molecule has 0 saturated carbocycles. The van der Waals surface area contributed by atoms with Gasteiger partial charge in [-0.05, 0) is 25.3 Å². The number of carbonyl (C=O) groups excluding carboxylic acids is 2. The molecular formula is C15H18N2O3. The molecule has 2 atom stereocenters. The molecule has 0 aromatic heterocycles. The number of carbonyl (C=O) groups is 2. The number of hydrogen-bond acceptors (Lipinski definition) is 3. The van der Waals surface area contributed by atoms with Crippen LogP contribution in [-0.2, 0) is 9.59 Å². The van der Waals surface area contributed by atoms with Crippen molar-refractivity contribution >= 4 is 11.8 Å². The molecule has 2 aliphatic heterocycles. The molecule has 2 aliphatic rings. The molecule has 1 aromatic carbocycles. The highest BCUT2D eigenvalue weighted by molar-refractivity contribution is 5.91. The average Bonchev–Trinajstić information content (AvgIpc) is 2.79. The van der Waals surface area contributed by atoms with Gasteiger partial charge in [-0.25, -0.2) is 0 Å². The maximum Gasteiger partial charge on any atom is 0.243 e. The third-order valence-electron chi connectivity index (χ3n) is 3.82. The summed E-state index contributed by atoms with van der Waals surface area (Å²) in [5.74, 6) is 0.693. The second-order valence-electron chi connectivity index (χ2n) is 5.25. The van der Waals surface area contributed by atoms with Gasteiger partial charge in [0.05, 0.1) is 12.6 Å². The van der Waals surface area contributed by atoms with Crippen LogP contribution < -0.4 is 15.4 Å². The van der Waals surface area contributed by atoms with Gasteiger partial charge in [-0.1, -0.05) is 18.2 Å². The SMILES string of the molecule is O=C1CCC(C(=O)NC2CCCOc3ccccc32)N1. The third kappa shape index (κ3) is 2.61. The highest BCUT2D eigenvalue weighted by atomic mass is 16.5. The van der Waals surface area contributed by atoms with Crippen LogP contribution in [0, 0.1) is 0 Å². The van der Waals surface area contributed by atoms with E-state index in [1.807, 2.05) is 24.3 Å². The molecule has 1 saturated heterocycles. The Labute approximate surface area is 117 Å². The minimum absolute atomic E-state index is 0.0429. The summed E-state index contributed by atoms with van der Waals surface area (Å²) in [6.07, 6.45) is 2.76. The lowest BCUT2D eigenvalue weighted by Gasteiger charge is -2.20. The van der Waals surface area contributed by atoms with Gasteiger partial charge in [0.15, 0.2) is 0 Å². The fourth-order valence-corrected chi connectivity index (χ4v) is 2.76. The third-order valence-corrected chi connectivity index (χ3v) is 3.82. The zero-order valence-corrected chi connectivity index (χ0v) is 11.2. The summed E-state index contributed by atoms with van der Waals surface area (Å²) in [4.78, 5) is 23.4. The van der Waals surface area contributed by atoms with E-state index in [2.05, 4.69) is 10.6 Å². The molecule has 20 heavy (non-hydrogen) atoms. The molecule has 0 bridgehead atoms. The number of nitrogens with one attached hydrogen (secondary N) is 2. The molecule has 0 radical (unpaired) electrons. The predicted molar refractivity (Wildman–Crippen MR) is 73.2 cm³/mol. The van der Waals surface area contributed by atoms with Crippen LogP contribution in [-0.4, -0.2) is 24.5 Å². The van der Waals surface area contributed by atoms with Gasteiger partial charge in [0, 0.05) is 12.0 Å². The number of fused-ring (bicyclic) bond motifs is 1. The predicted octanol–water partition coefficient (Wildman–Crippen LogP) is 1.30. The van der Waals surface area contributed by atoms with Crippen molar-refractivity contribution in [3.63, 3.8) is 0 Å². The summed E-state index contributed by atoms with van der Waals surface area (Å²) in [5, 5.41) is 5.74. The van der Waals surface area contributed by atoms with Gasteiger partial charge in [0.2, 0.25) is 11.8 Å². The summed E-state index contributed by atoms with van der Waals surface area (Å²) in [7, 11) is 0. The molecule has 2 amide bonds. The zero-order chi connectivity index (χ0) is 13.9. The minimum Gasteiger partial charge on any atom is -0.493 e. The first-order valence-corrected chi connectivity index (χ1v) is 7.05. The van der Waals surface area contributed by atoms with Gasteiger partial charge in [0.1, 0.15) is 11.8 Å². The molecular weight excluding hydrogens is 256 g/mol. The Morgan fingerprint density at radius 2 is 2.15 bits per heavy atom. The Bertz CT molecular complexity index is 530. The molecule has 106 valence electrons. The van der Waals surface area contributed by atoms with Gasteiger partial charge >= 0.3 is 0 Å². The van der Waals surface area contributed by atoms with Gasteiger partial charge in [0.25, 0.3) is 0 Å². The van der Waals surface area contributed by atoms with E-state index >= 15 is 0 Å². The molecule has 5 heteroatoms. The Hall–Kier alpha value is -2.04. The van der Waals surface area contributed by atoms with E-state index in [9.17, 15) is 9.59 Å². The smallest absolute Gasteiger partial charge is 0.243 e. The maximum absolute atomic E-state index is 12.2. The normalized spacial score (nSPS) is 25.1. The van der Waals surface area contributed by atoms with Crippen LogP contribution in [0.5, 0.6) is 5.75 Å². The number of para-hydroxylation sites is 1. The number of benzene rings is 1. The van der Waals surface area contributed by atoms with Gasteiger partial charge in [-0.2, -0.15) is 0 Å². The van der Waals surface area contributed by atoms with Crippen molar-refractivity contribution in [2.24, 2.45) is 0 Å². The van der Waals surface area contributed by atoms with Gasteiger partial charge in [-0.3, -0.25) is 9.59 Å². The van der Waals surface area contributed by atoms with Crippen LogP contribution >= 0.6 is 0 Å². The minimum atomic E-state index is -0.390. The van der Waals surface area contributed by atoms with Crippen molar-refractivity contribution in [1.29, 1.82) is 0 Å². The Morgan fingerprint density at radius 3 is 2.95 bits per heavy atom. The van der Waals surface area contributed by atoms with Crippen molar-refractivity contribution in [3.8, 4) is 5.75 Å². The highest BCUT2D eigenvalue weighted by Crippen LogP contribution is 2.31. The quantitative estimate of drug-likeness (QED) is 0.854. The average molecular weight is 274 g/mol.